The first kappa shape index (κ1) is 15.7. The number of rotatable bonds is 5. The zero-order valence-corrected chi connectivity index (χ0v) is 13.8. The van der Waals surface area contributed by atoms with Crippen molar-refractivity contribution in [2.75, 3.05) is 6.16 Å². The zero-order valence-electron chi connectivity index (χ0n) is 13.0. The molecule has 0 amide bonds. The molecular weight excluding hydrogens is 235 g/mol. The number of benzene rings is 1. The van der Waals surface area contributed by atoms with Gasteiger partial charge in [0, 0.05) is 0 Å². The van der Waals surface area contributed by atoms with E-state index in [1.807, 2.05) is 0 Å². The Kier molecular flexibility index (Phi) is 5.41. The van der Waals surface area contributed by atoms with Crippen molar-refractivity contribution in [3.63, 3.8) is 0 Å². The van der Waals surface area contributed by atoms with Crippen LogP contribution in [-0.2, 0) is 6.42 Å². The van der Waals surface area contributed by atoms with Crippen LogP contribution in [-0.4, -0.2) is 16.5 Å². The minimum Gasteiger partial charge on any atom is -0.0950 e. The summed E-state index contributed by atoms with van der Waals surface area (Å²) in [6, 6.07) is 10.9. The molecule has 1 atom stereocenters. The molecular formula is C17H29P. The van der Waals surface area contributed by atoms with Crippen LogP contribution in [0.4, 0.5) is 0 Å². The first-order valence-corrected chi connectivity index (χ1v) is 8.62. The molecule has 18 heavy (non-hydrogen) atoms. The molecule has 0 bridgehead atoms. The molecule has 0 spiro atoms. The summed E-state index contributed by atoms with van der Waals surface area (Å²) in [5, 5.41) is 0.936. The molecule has 0 nitrogen and oxygen atoms in total. The molecule has 0 fully saturated rings. The first-order valence-electron chi connectivity index (χ1n) is 7.09. The molecule has 0 aliphatic carbocycles. The molecule has 1 heteroatoms. The molecule has 0 aromatic heterocycles. The van der Waals surface area contributed by atoms with E-state index in [2.05, 4.69) is 71.9 Å². The van der Waals surface area contributed by atoms with Gasteiger partial charge in [-0.15, -0.1) is 0 Å². The average Bonchev–Trinajstić information content (AvgIpc) is 2.28. The highest BCUT2D eigenvalue weighted by molar-refractivity contribution is 7.60. The minimum atomic E-state index is 0.0313. The van der Waals surface area contributed by atoms with Gasteiger partial charge < -0.3 is 0 Å². The summed E-state index contributed by atoms with van der Waals surface area (Å²) in [4.78, 5) is 0. The summed E-state index contributed by atoms with van der Waals surface area (Å²) in [6.07, 6.45) is 3.86. The fraction of sp³-hybridized carbons (Fsp3) is 0.647. The zero-order chi connectivity index (χ0) is 13.8. The lowest BCUT2D eigenvalue weighted by Gasteiger charge is -2.43. The minimum absolute atomic E-state index is 0.0313. The van der Waals surface area contributed by atoms with Crippen molar-refractivity contribution in [1.82, 2.24) is 0 Å². The molecule has 1 aromatic carbocycles. The highest BCUT2D eigenvalue weighted by Gasteiger charge is 2.35. The predicted molar refractivity (Wildman–Crippen MR) is 86.1 cm³/mol. The second-order valence-electron chi connectivity index (χ2n) is 6.72. The summed E-state index contributed by atoms with van der Waals surface area (Å²) in [5.41, 5.74) is 1.49. The van der Waals surface area contributed by atoms with E-state index in [9.17, 15) is 0 Å². The molecule has 0 heterocycles. The predicted octanol–water partition coefficient (Wildman–Crippen LogP) is 5.70. The van der Waals surface area contributed by atoms with Crippen molar-refractivity contribution >= 4 is 7.92 Å². The van der Waals surface area contributed by atoms with E-state index in [0.717, 1.165) is 0 Å². The van der Waals surface area contributed by atoms with Gasteiger partial charge in [-0.2, -0.15) is 0 Å². The summed E-state index contributed by atoms with van der Waals surface area (Å²) in [7, 11) is 0.0313. The van der Waals surface area contributed by atoms with Gasteiger partial charge in [0.15, 0.2) is 0 Å². The number of aryl methyl sites for hydroxylation is 1. The summed E-state index contributed by atoms with van der Waals surface area (Å²) < 4.78 is 0. The van der Waals surface area contributed by atoms with Gasteiger partial charge in [0.1, 0.15) is 0 Å². The van der Waals surface area contributed by atoms with E-state index in [-0.39, 0.29) is 7.92 Å². The average molecular weight is 264 g/mol. The van der Waals surface area contributed by atoms with E-state index in [1.54, 1.807) is 0 Å². The Hall–Kier alpha value is -0.350. The third kappa shape index (κ3) is 4.39. The Morgan fingerprint density at radius 3 is 1.94 bits per heavy atom. The molecule has 0 aliphatic heterocycles. The molecule has 0 radical (unpaired) electrons. The van der Waals surface area contributed by atoms with Crippen molar-refractivity contribution in [2.24, 2.45) is 0 Å². The normalized spacial score (nSPS) is 14.6. The van der Waals surface area contributed by atoms with Crippen LogP contribution in [0.3, 0.4) is 0 Å². The maximum Gasteiger partial charge on any atom is -0.0149 e. The Morgan fingerprint density at radius 2 is 1.50 bits per heavy atom. The molecule has 0 N–H and O–H groups in total. The first-order chi connectivity index (χ1) is 8.27. The van der Waals surface area contributed by atoms with E-state index in [0.29, 0.717) is 10.3 Å². The second-order valence-corrected chi connectivity index (χ2v) is 10.6. The molecule has 102 valence electrons. The third-order valence-electron chi connectivity index (χ3n) is 3.87. The standard InChI is InChI=1S/C17H29P/c1-7-17(5,6)18(16(2,3)4)14-13-15-11-9-8-10-12-15/h8-12H,7,13-14H2,1-6H3. The fourth-order valence-electron chi connectivity index (χ4n) is 2.62. The van der Waals surface area contributed by atoms with Crippen LogP contribution in [0.2, 0.25) is 0 Å². The Morgan fingerprint density at radius 1 is 0.944 bits per heavy atom. The van der Waals surface area contributed by atoms with Crippen molar-refractivity contribution in [2.45, 2.75) is 64.7 Å². The quantitative estimate of drug-likeness (QED) is 0.598. The lowest BCUT2D eigenvalue weighted by atomic mass is 10.1. The van der Waals surface area contributed by atoms with Gasteiger partial charge in [-0.1, -0.05) is 79.8 Å². The molecule has 0 aliphatic rings. The van der Waals surface area contributed by atoms with E-state index < -0.39 is 0 Å². The maximum absolute atomic E-state index is 2.45. The summed E-state index contributed by atoms with van der Waals surface area (Å²) in [5.74, 6) is 0. The van der Waals surface area contributed by atoms with Gasteiger partial charge in [-0.05, 0) is 34.9 Å². The number of hydrogen-bond donors (Lipinski definition) is 0. The van der Waals surface area contributed by atoms with Gasteiger partial charge in [0.05, 0.1) is 0 Å². The van der Waals surface area contributed by atoms with Gasteiger partial charge in [-0.3, -0.25) is 0 Å². The topological polar surface area (TPSA) is 0 Å². The lowest BCUT2D eigenvalue weighted by molar-refractivity contribution is 0.634. The largest absolute Gasteiger partial charge is 0.0950 e. The number of hydrogen-bond acceptors (Lipinski definition) is 0. The Labute approximate surface area is 115 Å². The van der Waals surface area contributed by atoms with Gasteiger partial charge >= 0.3 is 0 Å². The molecule has 0 saturated heterocycles. The Balaban J connectivity index is 2.75. The SMILES string of the molecule is CCC(C)(C)P(CCc1ccccc1)C(C)(C)C. The smallest absolute Gasteiger partial charge is 0.0149 e. The van der Waals surface area contributed by atoms with Crippen LogP contribution in [0.5, 0.6) is 0 Å². The van der Waals surface area contributed by atoms with Crippen LogP contribution in [0.15, 0.2) is 30.3 Å². The Bertz CT molecular complexity index is 346. The van der Waals surface area contributed by atoms with Crippen LogP contribution in [0.25, 0.3) is 0 Å². The van der Waals surface area contributed by atoms with Gasteiger partial charge in [0.25, 0.3) is 0 Å². The van der Waals surface area contributed by atoms with Gasteiger partial charge in [-0.25, -0.2) is 0 Å². The van der Waals surface area contributed by atoms with Crippen LogP contribution in [0.1, 0.15) is 53.5 Å². The van der Waals surface area contributed by atoms with Crippen molar-refractivity contribution in [3.05, 3.63) is 35.9 Å². The van der Waals surface area contributed by atoms with Crippen LogP contribution in [0, 0.1) is 0 Å². The van der Waals surface area contributed by atoms with E-state index in [4.69, 9.17) is 0 Å². The molecule has 0 saturated carbocycles. The van der Waals surface area contributed by atoms with E-state index >= 15 is 0 Å². The maximum atomic E-state index is 2.45. The fourth-order valence-corrected chi connectivity index (χ4v) is 6.58. The van der Waals surface area contributed by atoms with E-state index in [1.165, 1.54) is 24.6 Å². The van der Waals surface area contributed by atoms with Crippen LogP contribution < -0.4 is 0 Å². The van der Waals surface area contributed by atoms with Crippen LogP contribution >= 0.6 is 7.92 Å². The molecule has 1 unspecified atom stereocenters. The second kappa shape index (κ2) is 6.20. The van der Waals surface area contributed by atoms with Gasteiger partial charge in [0.2, 0.25) is 0 Å². The summed E-state index contributed by atoms with van der Waals surface area (Å²) >= 11 is 0. The monoisotopic (exact) mass is 264 g/mol. The molecule has 1 rings (SSSR count). The van der Waals surface area contributed by atoms with Crippen molar-refractivity contribution in [1.29, 1.82) is 0 Å². The lowest BCUT2D eigenvalue weighted by Crippen LogP contribution is -2.29. The molecule has 1 aromatic rings. The highest BCUT2D eigenvalue weighted by Crippen LogP contribution is 2.60. The van der Waals surface area contributed by atoms with Crippen molar-refractivity contribution < 1.29 is 0 Å². The van der Waals surface area contributed by atoms with Crippen molar-refractivity contribution in [3.8, 4) is 0 Å². The highest BCUT2D eigenvalue weighted by atomic mass is 31.1. The summed E-state index contributed by atoms with van der Waals surface area (Å²) in [6.45, 7) is 14.5. The third-order valence-corrected chi connectivity index (χ3v) is 7.94.